The van der Waals surface area contributed by atoms with Crippen LogP contribution in [-0.2, 0) is 6.61 Å². The Morgan fingerprint density at radius 1 is 1.50 bits per heavy atom. The first-order valence-electron chi connectivity index (χ1n) is 2.79. The normalized spacial score (nSPS) is 9.90. The largest absolute Gasteiger partial charge is 0.392 e. The molecule has 1 rings (SSSR count). The van der Waals surface area contributed by atoms with Crippen molar-refractivity contribution in [2.75, 3.05) is 0 Å². The molecule has 0 atom stereocenters. The second-order valence-electron chi connectivity index (χ2n) is 1.87. The van der Waals surface area contributed by atoms with E-state index in [1.165, 1.54) is 0 Å². The minimum absolute atomic E-state index is 0.0947. The van der Waals surface area contributed by atoms with Crippen LogP contribution in [0.1, 0.15) is 5.56 Å². The fourth-order valence-electron chi connectivity index (χ4n) is 0.671. The van der Waals surface area contributed by atoms with Crippen molar-refractivity contribution >= 4 is 38.5 Å². The number of benzene rings is 1. The van der Waals surface area contributed by atoms with Crippen LogP contribution in [0.4, 0.5) is 0 Å². The molecule has 0 aliphatic carbocycles. The zero-order valence-corrected chi connectivity index (χ0v) is 8.89. The Morgan fingerprint density at radius 2 is 2.20 bits per heavy atom. The van der Waals surface area contributed by atoms with E-state index in [1.807, 2.05) is 18.2 Å². The quantitative estimate of drug-likeness (QED) is 0.790. The highest BCUT2D eigenvalue weighted by molar-refractivity contribution is 14.1. The minimum atomic E-state index is 0.0947. The van der Waals surface area contributed by atoms with Crippen molar-refractivity contribution < 1.29 is 5.11 Å². The maximum absolute atomic E-state index is 8.81. The van der Waals surface area contributed by atoms with Gasteiger partial charge < -0.3 is 5.11 Å². The van der Waals surface area contributed by atoms with Crippen LogP contribution >= 0.6 is 38.5 Å². The Hall–Kier alpha value is 0.390. The van der Waals surface area contributed by atoms with Crippen molar-refractivity contribution in [3.8, 4) is 0 Å². The van der Waals surface area contributed by atoms with Crippen LogP contribution in [0, 0.1) is 3.57 Å². The van der Waals surface area contributed by atoms with Gasteiger partial charge in [-0.05, 0) is 50.2 Å². The third-order valence-corrected chi connectivity index (χ3v) is 3.78. The third-order valence-electron chi connectivity index (χ3n) is 1.20. The molecule has 0 aromatic heterocycles. The Kier molecular flexibility index (Phi) is 3.13. The summed E-state index contributed by atoms with van der Waals surface area (Å²) in [4.78, 5) is 0. The molecule has 0 spiro atoms. The molecule has 0 unspecified atom stereocenters. The molecule has 0 saturated carbocycles. The molecular weight excluding hydrogens is 307 g/mol. The van der Waals surface area contributed by atoms with Crippen LogP contribution in [0.2, 0.25) is 0 Å². The molecule has 10 heavy (non-hydrogen) atoms. The van der Waals surface area contributed by atoms with Crippen LogP contribution in [0.5, 0.6) is 0 Å². The molecule has 0 aliphatic heterocycles. The first kappa shape index (κ1) is 8.49. The van der Waals surface area contributed by atoms with E-state index in [9.17, 15) is 0 Å². The molecule has 0 aliphatic rings. The maximum atomic E-state index is 8.81. The molecule has 1 N–H and O–H groups in total. The van der Waals surface area contributed by atoms with Gasteiger partial charge in [0, 0.05) is 8.04 Å². The lowest BCUT2D eigenvalue weighted by molar-refractivity contribution is 0.281. The van der Waals surface area contributed by atoms with E-state index >= 15 is 0 Å². The minimum Gasteiger partial charge on any atom is -0.392 e. The van der Waals surface area contributed by atoms with Crippen LogP contribution in [0.15, 0.2) is 22.7 Å². The summed E-state index contributed by atoms with van der Waals surface area (Å²) in [6.07, 6.45) is 0. The van der Waals surface area contributed by atoms with Crippen molar-refractivity contribution in [1.82, 2.24) is 0 Å². The number of rotatable bonds is 1. The molecule has 0 bridgehead atoms. The van der Waals surface area contributed by atoms with Gasteiger partial charge in [-0.25, -0.2) is 0 Å². The van der Waals surface area contributed by atoms with Gasteiger partial charge >= 0.3 is 0 Å². The number of hydrogen-bond acceptors (Lipinski definition) is 1. The lowest BCUT2D eigenvalue weighted by atomic mass is 10.2. The van der Waals surface area contributed by atoms with Gasteiger partial charge in [0.05, 0.1) is 6.61 Å². The number of hydrogen-bond donors (Lipinski definition) is 1. The standard InChI is InChI=1S/C7H6BrIO/c8-7-5(4-10)2-1-3-6(7)9/h1-3,10H,4H2. The fourth-order valence-corrected chi connectivity index (χ4v) is 1.61. The maximum Gasteiger partial charge on any atom is 0.0693 e. The SMILES string of the molecule is OCc1cccc(I)c1Br. The van der Waals surface area contributed by atoms with Crippen molar-refractivity contribution in [2.45, 2.75) is 6.61 Å². The second-order valence-corrected chi connectivity index (χ2v) is 3.83. The lowest BCUT2D eigenvalue weighted by Crippen LogP contribution is -1.86. The summed E-state index contributed by atoms with van der Waals surface area (Å²) in [5, 5.41) is 8.81. The van der Waals surface area contributed by atoms with Gasteiger partial charge in [-0.3, -0.25) is 0 Å². The Bertz CT molecular complexity index is 237. The van der Waals surface area contributed by atoms with Crippen molar-refractivity contribution in [3.63, 3.8) is 0 Å². The van der Waals surface area contributed by atoms with Crippen molar-refractivity contribution in [2.24, 2.45) is 0 Å². The van der Waals surface area contributed by atoms with E-state index in [0.29, 0.717) is 0 Å². The van der Waals surface area contributed by atoms with Crippen LogP contribution in [-0.4, -0.2) is 5.11 Å². The van der Waals surface area contributed by atoms with Gasteiger partial charge in [-0.15, -0.1) is 0 Å². The predicted octanol–water partition coefficient (Wildman–Crippen LogP) is 2.55. The van der Waals surface area contributed by atoms with Gasteiger partial charge in [0.1, 0.15) is 0 Å². The van der Waals surface area contributed by atoms with Gasteiger partial charge in [0.2, 0.25) is 0 Å². The zero-order valence-electron chi connectivity index (χ0n) is 5.14. The molecule has 1 aromatic rings. The van der Waals surface area contributed by atoms with Crippen LogP contribution in [0.25, 0.3) is 0 Å². The second kappa shape index (κ2) is 3.69. The van der Waals surface area contributed by atoms with Crippen molar-refractivity contribution in [3.05, 3.63) is 31.8 Å². The van der Waals surface area contributed by atoms with Crippen molar-refractivity contribution in [1.29, 1.82) is 0 Å². The van der Waals surface area contributed by atoms with E-state index in [1.54, 1.807) is 0 Å². The molecule has 1 aromatic carbocycles. The summed E-state index contributed by atoms with van der Waals surface area (Å²) in [6, 6.07) is 5.81. The molecule has 3 heteroatoms. The molecule has 1 nitrogen and oxygen atoms in total. The smallest absolute Gasteiger partial charge is 0.0693 e. The van der Waals surface area contributed by atoms with E-state index in [2.05, 4.69) is 38.5 Å². The predicted molar refractivity (Wildman–Crippen MR) is 52.8 cm³/mol. The van der Waals surface area contributed by atoms with Gasteiger partial charge in [-0.1, -0.05) is 12.1 Å². The average Bonchev–Trinajstić information content (AvgIpc) is 1.95. The van der Waals surface area contributed by atoms with E-state index in [4.69, 9.17) is 5.11 Å². The molecule has 0 fully saturated rings. The topological polar surface area (TPSA) is 20.2 Å². The summed E-state index contributed by atoms with van der Waals surface area (Å²) in [6.45, 7) is 0.0947. The average molecular weight is 313 g/mol. The molecule has 0 saturated heterocycles. The summed E-state index contributed by atoms with van der Waals surface area (Å²) in [5.41, 5.74) is 0.937. The highest BCUT2D eigenvalue weighted by Crippen LogP contribution is 2.22. The number of aliphatic hydroxyl groups excluding tert-OH is 1. The number of aliphatic hydroxyl groups is 1. The van der Waals surface area contributed by atoms with Crippen LogP contribution in [0.3, 0.4) is 0 Å². The van der Waals surface area contributed by atoms with E-state index < -0.39 is 0 Å². The lowest BCUT2D eigenvalue weighted by Gasteiger charge is -2.00. The molecule has 0 amide bonds. The summed E-state index contributed by atoms with van der Waals surface area (Å²) >= 11 is 5.59. The van der Waals surface area contributed by atoms with Gasteiger partial charge in [0.25, 0.3) is 0 Å². The first-order valence-corrected chi connectivity index (χ1v) is 4.66. The first-order chi connectivity index (χ1) is 4.75. The Morgan fingerprint density at radius 3 is 2.70 bits per heavy atom. The summed E-state index contributed by atoms with van der Waals surface area (Å²) in [5.74, 6) is 0. The monoisotopic (exact) mass is 312 g/mol. The van der Waals surface area contributed by atoms with E-state index in [0.717, 1.165) is 13.6 Å². The summed E-state index contributed by atoms with van der Waals surface area (Å²) in [7, 11) is 0. The highest BCUT2D eigenvalue weighted by atomic mass is 127. The molecule has 54 valence electrons. The zero-order chi connectivity index (χ0) is 7.56. The molecule has 0 heterocycles. The summed E-state index contributed by atoms with van der Waals surface area (Å²) < 4.78 is 2.13. The fraction of sp³-hybridized carbons (Fsp3) is 0.143. The third kappa shape index (κ3) is 1.71. The van der Waals surface area contributed by atoms with E-state index in [-0.39, 0.29) is 6.61 Å². The highest BCUT2D eigenvalue weighted by Gasteiger charge is 1.99. The molecular formula is C7H6BrIO. The molecule has 0 radical (unpaired) electrons. The van der Waals surface area contributed by atoms with Gasteiger partial charge in [-0.2, -0.15) is 0 Å². The van der Waals surface area contributed by atoms with Gasteiger partial charge in [0.15, 0.2) is 0 Å². The number of halogens is 2. The Balaban J connectivity index is 3.14. The van der Waals surface area contributed by atoms with Crippen LogP contribution < -0.4 is 0 Å². The Labute approximate surface area is 81.7 Å².